The Bertz CT molecular complexity index is 1220. The molecular formula is C26H24F3NO3S2. The van der Waals surface area contributed by atoms with Crippen molar-refractivity contribution in [2.45, 2.75) is 31.3 Å². The number of ether oxygens (including phenoxy) is 1. The molecule has 0 radical (unpaired) electrons. The SMILES string of the molecule is C=C(Sc1cc(C)c(-c2ccc(C(F)(F)F)cc2)c(C)c1)c1ccc(C(=O)NCCC(=O)OC)s1. The number of amides is 1. The number of rotatable bonds is 8. The van der Waals surface area contributed by atoms with E-state index in [0.717, 1.165) is 49.1 Å². The van der Waals surface area contributed by atoms with Gasteiger partial charge in [0.1, 0.15) is 0 Å². The van der Waals surface area contributed by atoms with Crippen LogP contribution < -0.4 is 5.32 Å². The number of aryl methyl sites for hydroxylation is 2. The van der Waals surface area contributed by atoms with Crippen LogP contribution in [-0.4, -0.2) is 25.5 Å². The van der Waals surface area contributed by atoms with Crippen molar-refractivity contribution in [1.29, 1.82) is 0 Å². The van der Waals surface area contributed by atoms with Crippen LogP contribution in [0.25, 0.3) is 16.0 Å². The van der Waals surface area contributed by atoms with Gasteiger partial charge in [-0.05, 0) is 72.5 Å². The molecule has 0 atom stereocenters. The van der Waals surface area contributed by atoms with Gasteiger partial charge in [-0.1, -0.05) is 30.5 Å². The van der Waals surface area contributed by atoms with E-state index >= 15 is 0 Å². The van der Waals surface area contributed by atoms with E-state index in [2.05, 4.69) is 16.6 Å². The van der Waals surface area contributed by atoms with Crippen molar-refractivity contribution in [2.75, 3.05) is 13.7 Å². The summed E-state index contributed by atoms with van der Waals surface area (Å²) in [6.45, 7) is 8.18. The number of thioether (sulfide) groups is 1. The highest BCUT2D eigenvalue weighted by atomic mass is 32.2. The number of carbonyl (C=O) groups excluding carboxylic acids is 2. The number of hydrogen-bond acceptors (Lipinski definition) is 5. The molecule has 0 aliphatic carbocycles. The Labute approximate surface area is 210 Å². The fraction of sp³-hybridized carbons (Fsp3) is 0.231. The summed E-state index contributed by atoms with van der Waals surface area (Å²) in [6, 6.07) is 12.7. The number of esters is 1. The van der Waals surface area contributed by atoms with Gasteiger partial charge in [-0.15, -0.1) is 11.3 Å². The number of hydrogen-bond donors (Lipinski definition) is 1. The maximum atomic E-state index is 12.9. The molecule has 0 bridgehead atoms. The molecule has 3 aromatic rings. The van der Waals surface area contributed by atoms with Crippen molar-refractivity contribution in [1.82, 2.24) is 5.32 Å². The lowest BCUT2D eigenvalue weighted by Crippen LogP contribution is -2.25. The molecule has 1 amide bonds. The molecule has 184 valence electrons. The molecule has 0 aliphatic heterocycles. The highest BCUT2D eigenvalue weighted by Gasteiger charge is 2.30. The molecule has 3 rings (SSSR count). The third kappa shape index (κ3) is 6.76. The van der Waals surface area contributed by atoms with Gasteiger partial charge >= 0.3 is 12.1 Å². The fourth-order valence-corrected chi connectivity index (χ4v) is 5.50. The lowest BCUT2D eigenvalue weighted by Gasteiger charge is -2.14. The van der Waals surface area contributed by atoms with Crippen molar-refractivity contribution >= 4 is 39.9 Å². The third-order valence-electron chi connectivity index (χ3n) is 5.20. The van der Waals surface area contributed by atoms with Crippen LogP contribution in [0.3, 0.4) is 0 Å². The van der Waals surface area contributed by atoms with E-state index in [1.165, 1.54) is 42.3 Å². The molecule has 9 heteroatoms. The Morgan fingerprint density at radius 1 is 1.03 bits per heavy atom. The number of carbonyl (C=O) groups is 2. The summed E-state index contributed by atoms with van der Waals surface area (Å²) in [6.07, 6.45) is -4.26. The van der Waals surface area contributed by atoms with Crippen LogP contribution in [0.2, 0.25) is 0 Å². The Morgan fingerprint density at radius 3 is 2.20 bits per heavy atom. The lowest BCUT2D eigenvalue weighted by atomic mass is 9.95. The minimum absolute atomic E-state index is 0.101. The van der Waals surface area contributed by atoms with E-state index in [-0.39, 0.29) is 18.9 Å². The van der Waals surface area contributed by atoms with Gasteiger partial charge in [-0.3, -0.25) is 9.59 Å². The number of nitrogens with one attached hydrogen (secondary N) is 1. The summed E-state index contributed by atoms with van der Waals surface area (Å²) < 4.78 is 43.2. The standard InChI is InChI=1S/C26H24F3NO3S2/c1-15-13-20(14-16(2)24(15)18-5-7-19(8-6-18)26(27,28)29)34-17(3)21-9-10-22(35-21)25(32)30-12-11-23(31)33-4/h5-10,13-14H,3,11-12H2,1-2,4H3,(H,30,32). The van der Waals surface area contributed by atoms with E-state index in [1.807, 2.05) is 32.0 Å². The van der Waals surface area contributed by atoms with Gasteiger partial charge in [0.05, 0.1) is 24.0 Å². The quantitative estimate of drug-likeness (QED) is 0.255. The molecule has 0 aliphatic rings. The van der Waals surface area contributed by atoms with Gasteiger partial charge in [-0.25, -0.2) is 0 Å². The van der Waals surface area contributed by atoms with E-state index < -0.39 is 17.7 Å². The summed E-state index contributed by atoms with van der Waals surface area (Å²) in [5.41, 5.74) is 2.83. The Kier molecular flexibility index (Phi) is 8.45. The normalized spacial score (nSPS) is 11.3. The van der Waals surface area contributed by atoms with Crippen LogP contribution in [0, 0.1) is 13.8 Å². The second-order valence-electron chi connectivity index (χ2n) is 7.78. The first kappa shape index (κ1) is 26.6. The molecule has 2 aromatic carbocycles. The molecule has 0 saturated heterocycles. The van der Waals surface area contributed by atoms with Crippen LogP contribution in [-0.2, 0) is 15.7 Å². The van der Waals surface area contributed by atoms with Crippen LogP contribution >= 0.6 is 23.1 Å². The van der Waals surface area contributed by atoms with Gasteiger partial charge < -0.3 is 10.1 Å². The molecule has 0 spiro atoms. The van der Waals surface area contributed by atoms with E-state index in [1.54, 1.807) is 6.07 Å². The summed E-state index contributed by atoms with van der Waals surface area (Å²) in [5, 5.41) is 2.69. The van der Waals surface area contributed by atoms with Crippen LogP contribution in [0.5, 0.6) is 0 Å². The Morgan fingerprint density at radius 2 is 1.63 bits per heavy atom. The van der Waals surface area contributed by atoms with Gasteiger partial charge in [-0.2, -0.15) is 13.2 Å². The van der Waals surface area contributed by atoms with Gasteiger partial charge in [0.25, 0.3) is 5.91 Å². The first-order valence-electron chi connectivity index (χ1n) is 10.6. The fourth-order valence-electron chi connectivity index (χ4n) is 3.53. The summed E-state index contributed by atoms with van der Waals surface area (Å²) >= 11 is 2.76. The van der Waals surface area contributed by atoms with Gasteiger partial charge in [0, 0.05) is 21.2 Å². The minimum atomic E-state index is -4.37. The zero-order valence-corrected chi connectivity index (χ0v) is 21.0. The number of benzene rings is 2. The molecule has 35 heavy (non-hydrogen) atoms. The average molecular weight is 520 g/mol. The van der Waals surface area contributed by atoms with Crippen molar-refractivity contribution in [3.05, 3.63) is 81.6 Å². The predicted octanol–water partition coefficient (Wildman–Crippen LogP) is 7.11. The zero-order valence-electron chi connectivity index (χ0n) is 19.4. The number of thiophene rings is 1. The Balaban J connectivity index is 1.70. The maximum absolute atomic E-state index is 12.9. The highest BCUT2D eigenvalue weighted by molar-refractivity contribution is 8.08. The van der Waals surface area contributed by atoms with Crippen molar-refractivity contribution in [2.24, 2.45) is 0 Å². The largest absolute Gasteiger partial charge is 0.469 e. The molecule has 0 unspecified atom stereocenters. The number of halogens is 3. The molecule has 1 heterocycles. The second kappa shape index (κ2) is 11.1. The molecule has 0 saturated carbocycles. The smallest absolute Gasteiger partial charge is 0.416 e. The molecule has 4 nitrogen and oxygen atoms in total. The molecule has 1 aromatic heterocycles. The summed E-state index contributed by atoms with van der Waals surface area (Å²) in [4.78, 5) is 26.5. The van der Waals surface area contributed by atoms with E-state index in [9.17, 15) is 22.8 Å². The van der Waals surface area contributed by atoms with Crippen LogP contribution in [0.15, 0.2) is 60.0 Å². The molecule has 1 N–H and O–H groups in total. The number of methoxy groups -OCH3 is 1. The Hall–Kier alpha value is -3.04. The topological polar surface area (TPSA) is 55.4 Å². The van der Waals surface area contributed by atoms with Crippen molar-refractivity contribution in [3.8, 4) is 11.1 Å². The first-order valence-corrected chi connectivity index (χ1v) is 12.2. The van der Waals surface area contributed by atoms with E-state index in [4.69, 9.17) is 0 Å². The van der Waals surface area contributed by atoms with Crippen LogP contribution in [0.4, 0.5) is 13.2 Å². The summed E-state index contributed by atoms with van der Waals surface area (Å²) in [5.74, 6) is -0.660. The average Bonchev–Trinajstić information content (AvgIpc) is 3.29. The highest BCUT2D eigenvalue weighted by Crippen LogP contribution is 2.40. The zero-order chi connectivity index (χ0) is 25.8. The number of alkyl halides is 3. The first-order chi connectivity index (χ1) is 16.5. The molecular weight excluding hydrogens is 495 g/mol. The maximum Gasteiger partial charge on any atom is 0.416 e. The molecule has 0 fully saturated rings. The van der Waals surface area contributed by atoms with Gasteiger partial charge in [0.2, 0.25) is 0 Å². The van der Waals surface area contributed by atoms with Gasteiger partial charge in [0.15, 0.2) is 0 Å². The van der Waals surface area contributed by atoms with Crippen molar-refractivity contribution in [3.63, 3.8) is 0 Å². The third-order valence-corrected chi connectivity index (χ3v) is 7.41. The summed E-state index contributed by atoms with van der Waals surface area (Å²) in [7, 11) is 1.30. The van der Waals surface area contributed by atoms with E-state index in [0.29, 0.717) is 4.88 Å². The van der Waals surface area contributed by atoms with Crippen molar-refractivity contribution < 1.29 is 27.5 Å². The minimum Gasteiger partial charge on any atom is -0.469 e. The lowest BCUT2D eigenvalue weighted by molar-refractivity contribution is -0.140. The second-order valence-corrected chi connectivity index (χ2v) is 10.0. The monoisotopic (exact) mass is 519 g/mol. The van der Waals surface area contributed by atoms with Crippen LogP contribution in [0.1, 0.15) is 37.7 Å². The predicted molar refractivity (Wildman–Crippen MR) is 135 cm³/mol.